The van der Waals surface area contributed by atoms with Crippen LogP contribution in [-0.4, -0.2) is 44.7 Å². The maximum absolute atomic E-state index is 11.9. The van der Waals surface area contributed by atoms with E-state index in [-0.39, 0.29) is 18.3 Å². The molecule has 7 heteroatoms. The predicted octanol–water partition coefficient (Wildman–Crippen LogP) is 3.16. The van der Waals surface area contributed by atoms with Gasteiger partial charge < -0.3 is 24.8 Å². The molecule has 0 aliphatic carbocycles. The molecule has 0 aliphatic rings. The standard InChI is InChI=1S/C18H28N2O5/c1-4-23-16(24-5-2)8-7-13-19-18(22)20-15-11-9-14(10-12-15)17(21)25-6-3/h9-12,16H,4-8,13H2,1-3H3,(H2,19,20,22). The second-order valence-corrected chi connectivity index (χ2v) is 5.16. The molecule has 0 fully saturated rings. The molecule has 2 amide bonds. The number of anilines is 1. The first-order valence-electron chi connectivity index (χ1n) is 8.65. The molecule has 0 aromatic heterocycles. The van der Waals surface area contributed by atoms with Gasteiger partial charge in [-0.05, 0) is 51.5 Å². The van der Waals surface area contributed by atoms with E-state index < -0.39 is 0 Å². The Hall–Kier alpha value is -2.12. The van der Waals surface area contributed by atoms with Gasteiger partial charge in [0, 0.05) is 31.9 Å². The van der Waals surface area contributed by atoms with Gasteiger partial charge in [0.25, 0.3) is 0 Å². The molecule has 1 aromatic carbocycles. The minimum Gasteiger partial charge on any atom is -0.462 e. The smallest absolute Gasteiger partial charge is 0.338 e. The third-order valence-electron chi connectivity index (χ3n) is 3.26. The maximum Gasteiger partial charge on any atom is 0.338 e. The van der Waals surface area contributed by atoms with Crippen molar-refractivity contribution in [2.24, 2.45) is 0 Å². The monoisotopic (exact) mass is 352 g/mol. The number of esters is 1. The lowest BCUT2D eigenvalue weighted by Crippen LogP contribution is -2.30. The summed E-state index contributed by atoms with van der Waals surface area (Å²) in [5.41, 5.74) is 1.05. The van der Waals surface area contributed by atoms with E-state index in [1.54, 1.807) is 31.2 Å². The summed E-state index contributed by atoms with van der Waals surface area (Å²) in [6.07, 6.45) is 1.24. The van der Waals surface area contributed by atoms with Crippen LogP contribution in [0.5, 0.6) is 0 Å². The molecule has 0 spiro atoms. The van der Waals surface area contributed by atoms with Crippen LogP contribution in [0.4, 0.5) is 10.5 Å². The molecule has 0 aliphatic heterocycles. The molecule has 1 aromatic rings. The van der Waals surface area contributed by atoms with Gasteiger partial charge in [0.05, 0.1) is 12.2 Å². The number of ether oxygens (including phenoxy) is 3. The zero-order valence-corrected chi connectivity index (χ0v) is 15.2. The quantitative estimate of drug-likeness (QED) is 0.363. The van der Waals surface area contributed by atoms with Crippen molar-refractivity contribution >= 4 is 17.7 Å². The van der Waals surface area contributed by atoms with Crippen LogP contribution in [0.15, 0.2) is 24.3 Å². The Balaban J connectivity index is 2.31. The molecule has 0 unspecified atom stereocenters. The summed E-state index contributed by atoms with van der Waals surface area (Å²) >= 11 is 0. The highest BCUT2D eigenvalue weighted by molar-refractivity contribution is 5.92. The summed E-state index contributed by atoms with van der Waals surface area (Å²) in [7, 11) is 0. The normalized spacial score (nSPS) is 10.6. The Morgan fingerprint density at radius 3 is 2.20 bits per heavy atom. The van der Waals surface area contributed by atoms with Crippen molar-refractivity contribution in [1.29, 1.82) is 0 Å². The average Bonchev–Trinajstić information content (AvgIpc) is 2.60. The number of nitrogens with one attached hydrogen (secondary N) is 2. The average molecular weight is 352 g/mol. The van der Waals surface area contributed by atoms with E-state index in [4.69, 9.17) is 14.2 Å². The number of benzene rings is 1. The second kappa shape index (κ2) is 12.3. The van der Waals surface area contributed by atoms with Gasteiger partial charge in [0.15, 0.2) is 6.29 Å². The summed E-state index contributed by atoms with van der Waals surface area (Å²) in [5.74, 6) is -0.378. The van der Waals surface area contributed by atoms with Crippen LogP contribution >= 0.6 is 0 Å². The number of amides is 2. The molecule has 2 N–H and O–H groups in total. The van der Waals surface area contributed by atoms with Crippen LogP contribution < -0.4 is 10.6 Å². The maximum atomic E-state index is 11.9. The molecule has 7 nitrogen and oxygen atoms in total. The van der Waals surface area contributed by atoms with Crippen LogP contribution in [-0.2, 0) is 14.2 Å². The molecule has 0 bridgehead atoms. The van der Waals surface area contributed by atoms with Crippen LogP contribution in [0, 0.1) is 0 Å². The van der Waals surface area contributed by atoms with Crippen molar-refractivity contribution < 1.29 is 23.8 Å². The van der Waals surface area contributed by atoms with Crippen LogP contribution in [0.3, 0.4) is 0 Å². The molecule has 25 heavy (non-hydrogen) atoms. The van der Waals surface area contributed by atoms with Crippen molar-refractivity contribution in [3.63, 3.8) is 0 Å². The van der Waals surface area contributed by atoms with E-state index in [9.17, 15) is 9.59 Å². The summed E-state index contributed by atoms with van der Waals surface area (Å²) < 4.78 is 15.8. The van der Waals surface area contributed by atoms with Gasteiger partial charge in [0.2, 0.25) is 0 Å². The minimum atomic E-state index is -0.378. The van der Waals surface area contributed by atoms with Crippen molar-refractivity contribution in [2.75, 3.05) is 31.7 Å². The van der Waals surface area contributed by atoms with Crippen molar-refractivity contribution in [3.05, 3.63) is 29.8 Å². The van der Waals surface area contributed by atoms with Gasteiger partial charge in [-0.3, -0.25) is 0 Å². The summed E-state index contributed by atoms with van der Waals surface area (Å²) in [5, 5.41) is 5.49. The number of carbonyl (C=O) groups is 2. The Morgan fingerprint density at radius 1 is 1.00 bits per heavy atom. The lowest BCUT2D eigenvalue weighted by atomic mass is 10.2. The molecule has 0 radical (unpaired) electrons. The molecular weight excluding hydrogens is 324 g/mol. The minimum absolute atomic E-state index is 0.227. The van der Waals surface area contributed by atoms with Gasteiger partial charge in [-0.2, -0.15) is 0 Å². The van der Waals surface area contributed by atoms with E-state index in [0.717, 1.165) is 12.8 Å². The molecule has 140 valence electrons. The largest absolute Gasteiger partial charge is 0.462 e. The Labute approximate surface area is 149 Å². The third kappa shape index (κ3) is 8.51. The number of hydrogen-bond acceptors (Lipinski definition) is 5. The number of urea groups is 1. The van der Waals surface area contributed by atoms with Crippen molar-refractivity contribution in [1.82, 2.24) is 5.32 Å². The SMILES string of the molecule is CCOC(=O)c1ccc(NC(=O)NCCCC(OCC)OCC)cc1. The fraction of sp³-hybridized carbons (Fsp3) is 0.556. The highest BCUT2D eigenvalue weighted by Crippen LogP contribution is 2.10. The molecule has 1 rings (SSSR count). The highest BCUT2D eigenvalue weighted by atomic mass is 16.7. The first-order valence-corrected chi connectivity index (χ1v) is 8.65. The Bertz CT molecular complexity index is 513. The Kier molecular flexibility index (Phi) is 10.3. The third-order valence-corrected chi connectivity index (χ3v) is 3.26. The lowest BCUT2D eigenvalue weighted by Gasteiger charge is -2.16. The van der Waals surface area contributed by atoms with Crippen molar-refractivity contribution in [2.45, 2.75) is 39.9 Å². The zero-order valence-electron chi connectivity index (χ0n) is 15.2. The van der Waals surface area contributed by atoms with E-state index >= 15 is 0 Å². The van der Waals surface area contributed by atoms with Crippen LogP contribution in [0.25, 0.3) is 0 Å². The van der Waals surface area contributed by atoms with E-state index in [1.807, 2.05) is 13.8 Å². The molecule has 0 heterocycles. The Morgan fingerprint density at radius 2 is 1.64 bits per heavy atom. The van der Waals surface area contributed by atoms with E-state index in [2.05, 4.69) is 10.6 Å². The molecule has 0 atom stereocenters. The molecule has 0 saturated carbocycles. The number of hydrogen-bond donors (Lipinski definition) is 2. The first kappa shape index (κ1) is 20.9. The number of rotatable bonds is 11. The van der Waals surface area contributed by atoms with Crippen molar-refractivity contribution in [3.8, 4) is 0 Å². The molecule has 0 saturated heterocycles. The topological polar surface area (TPSA) is 85.9 Å². The zero-order chi connectivity index (χ0) is 18.5. The van der Waals surface area contributed by atoms with E-state index in [0.29, 0.717) is 37.6 Å². The summed E-state index contributed by atoms with van der Waals surface area (Å²) in [4.78, 5) is 23.4. The van der Waals surface area contributed by atoms with Gasteiger partial charge in [-0.25, -0.2) is 9.59 Å². The first-order chi connectivity index (χ1) is 12.1. The predicted molar refractivity (Wildman–Crippen MR) is 95.7 cm³/mol. The highest BCUT2D eigenvalue weighted by Gasteiger charge is 2.09. The fourth-order valence-corrected chi connectivity index (χ4v) is 2.14. The fourth-order valence-electron chi connectivity index (χ4n) is 2.14. The second-order valence-electron chi connectivity index (χ2n) is 5.16. The number of carbonyl (C=O) groups excluding carboxylic acids is 2. The van der Waals surface area contributed by atoms with E-state index in [1.165, 1.54) is 0 Å². The van der Waals surface area contributed by atoms with Gasteiger partial charge >= 0.3 is 12.0 Å². The van der Waals surface area contributed by atoms with Gasteiger partial charge in [-0.15, -0.1) is 0 Å². The van der Waals surface area contributed by atoms with Crippen LogP contribution in [0.2, 0.25) is 0 Å². The van der Waals surface area contributed by atoms with Gasteiger partial charge in [-0.1, -0.05) is 0 Å². The lowest BCUT2D eigenvalue weighted by molar-refractivity contribution is -0.139. The summed E-state index contributed by atoms with van der Waals surface area (Å²) in [6, 6.07) is 6.25. The van der Waals surface area contributed by atoms with Gasteiger partial charge in [0.1, 0.15) is 0 Å². The van der Waals surface area contributed by atoms with Crippen LogP contribution in [0.1, 0.15) is 44.0 Å². The summed E-state index contributed by atoms with van der Waals surface area (Å²) in [6.45, 7) is 7.64. The molecular formula is C18H28N2O5.